The summed E-state index contributed by atoms with van der Waals surface area (Å²) >= 11 is 5.72. The number of amides is 2. The highest BCUT2D eigenvalue weighted by Gasteiger charge is 2.36. The molecule has 0 unspecified atom stereocenters. The zero-order valence-electron chi connectivity index (χ0n) is 16.7. The molecule has 9 heteroatoms. The number of anilines is 1. The summed E-state index contributed by atoms with van der Waals surface area (Å²) in [7, 11) is 0. The van der Waals surface area contributed by atoms with Gasteiger partial charge in [-0.05, 0) is 71.1 Å². The van der Waals surface area contributed by atoms with E-state index >= 15 is 0 Å². The van der Waals surface area contributed by atoms with Gasteiger partial charge in [-0.1, -0.05) is 28.6 Å². The van der Waals surface area contributed by atoms with E-state index in [0.717, 1.165) is 13.6 Å². The Hall–Kier alpha value is -2.92. The minimum Gasteiger partial charge on any atom is -0.490 e. The van der Waals surface area contributed by atoms with Gasteiger partial charge in [0.15, 0.2) is 0 Å². The number of carbonyl (C=O) groups excluding carboxylic acids is 2. The molecule has 3 aromatic rings. The Balaban J connectivity index is 1.76. The van der Waals surface area contributed by atoms with Gasteiger partial charge in [0, 0.05) is 37.3 Å². The molecule has 2 aromatic carbocycles. The number of benzene rings is 2. The number of fused-ring (bicyclic) bond motifs is 1. The van der Waals surface area contributed by atoms with Gasteiger partial charge in [-0.25, -0.2) is 5.01 Å². The molecular formula is C23H18BrIN4O3. The summed E-state index contributed by atoms with van der Waals surface area (Å²) in [5, 5.41) is 4.68. The van der Waals surface area contributed by atoms with Crippen molar-refractivity contribution in [1.82, 2.24) is 15.4 Å². The maximum absolute atomic E-state index is 13.5. The van der Waals surface area contributed by atoms with Crippen LogP contribution in [0.25, 0.3) is 0 Å². The summed E-state index contributed by atoms with van der Waals surface area (Å²) < 4.78 is 7.34. The second kappa shape index (κ2) is 9.70. The van der Waals surface area contributed by atoms with Gasteiger partial charge in [0.2, 0.25) is 0 Å². The molecule has 2 N–H and O–H groups in total. The summed E-state index contributed by atoms with van der Waals surface area (Å²) in [6, 6.07) is 14.2. The van der Waals surface area contributed by atoms with Crippen molar-refractivity contribution in [1.29, 1.82) is 0 Å². The lowest BCUT2D eigenvalue weighted by molar-refractivity contribution is 0.0490. The highest BCUT2D eigenvalue weighted by atomic mass is 127. The number of hydrogen-bond acceptors (Lipinski definition) is 5. The number of hydrazine groups is 1. The van der Waals surface area contributed by atoms with Gasteiger partial charge >= 0.3 is 0 Å². The van der Waals surface area contributed by atoms with E-state index in [-0.39, 0.29) is 5.91 Å². The molecular weight excluding hydrogens is 587 g/mol. The van der Waals surface area contributed by atoms with Crippen molar-refractivity contribution >= 4 is 56.0 Å². The van der Waals surface area contributed by atoms with E-state index in [1.807, 2.05) is 30.3 Å². The van der Waals surface area contributed by atoms with Crippen LogP contribution in [0.1, 0.15) is 32.4 Å². The number of nitrogens with zero attached hydrogens (tertiary/aromatic N) is 2. The Kier molecular flexibility index (Phi) is 6.75. The first-order valence-electron chi connectivity index (χ1n) is 9.61. The number of ether oxygens (including phenoxy) is 1. The van der Waals surface area contributed by atoms with E-state index in [1.54, 1.807) is 24.3 Å². The maximum atomic E-state index is 13.5. The molecule has 4 rings (SSSR count). The molecule has 0 saturated heterocycles. The summed E-state index contributed by atoms with van der Waals surface area (Å²) in [6.07, 6.45) is 4.03. The summed E-state index contributed by atoms with van der Waals surface area (Å²) in [6.45, 7) is 4.02. The predicted octanol–water partition coefficient (Wildman–Crippen LogP) is 4.93. The van der Waals surface area contributed by atoms with E-state index in [1.165, 1.54) is 17.4 Å². The van der Waals surface area contributed by atoms with Gasteiger partial charge in [0.25, 0.3) is 11.8 Å². The van der Waals surface area contributed by atoms with Crippen LogP contribution in [0.5, 0.6) is 5.75 Å². The first-order chi connectivity index (χ1) is 15.5. The first kappa shape index (κ1) is 22.3. The van der Waals surface area contributed by atoms with Crippen LogP contribution in [-0.2, 0) is 0 Å². The van der Waals surface area contributed by atoms with Gasteiger partial charge in [-0.15, -0.1) is 0 Å². The standard InChI is InChI=1S/C23H18BrIN4O3/c1-2-11-32-16-4-5-19(24)17(13-16)21-27-20-6-3-15(25)12-18(20)23(31)29(21)28-22(30)14-7-9-26-10-8-14/h2-10,12-13,21,27H,1,11H2,(H,28,30)/t21-/m1/s1. The SMILES string of the molecule is C=CCOc1ccc(Br)c([C@@H]2Nc3ccc(I)cc3C(=O)N2NC(=O)c2ccncc2)c1. The smallest absolute Gasteiger partial charge is 0.276 e. The molecule has 1 atom stereocenters. The van der Waals surface area contributed by atoms with Crippen molar-refractivity contribution in [2.45, 2.75) is 6.17 Å². The fraction of sp³-hybridized carbons (Fsp3) is 0.0870. The molecule has 0 aliphatic carbocycles. The number of pyridine rings is 1. The molecule has 1 aliphatic rings. The van der Waals surface area contributed by atoms with Crippen LogP contribution in [0.4, 0.5) is 5.69 Å². The highest BCUT2D eigenvalue weighted by Crippen LogP contribution is 2.37. The number of halogens is 2. The monoisotopic (exact) mass is 604 g/mol. The molecule has 0 radical (unpaired) electrons. The molecule has 0 bridgehead atoms. The number of hydrogen-bond donors (Lipinski definition) is 2. The Labute approximate surface area is 207 Å². The van der Waals surface area contributed by atoms with E-state index in [4.69, 9.17) is 4.74 Å². The van der Waals surface area contributed by atoms with Crippen LogP contribution < -0.4 is 15.5 Å². The number of carbonyl (C=O) groups is 2. The van der Waals surface area contributed by atoms with Crippen LogP contribution in [0.3, 0.4) is 0 Å². The molecule has 7 nitrogen and oxygen atoms in total. The van der Waals surface area contributed by atoms with Gasteiger partial charge < -0.3 is 10.1 Å². The third-order valence-electron chi connectivity index (χ3n) is 4.78. The van der Waals surface area contributed by atoms with Crippen molar-refractivity contribution in [3.05, 3.63) is 98.3 Å². The van der Waals surface area contributed by atoms with Crippen molar-refractivity contribution < 1.29 is 14.3 Å². The Morgan fingerprint density at radius 3 is 2.78 bits per heavy atom. The molecule has 32 heavy (non-hydrogen) atoms. The van der Waals surface area contributed by atoms with Crippen LogP contribution in [0.15, 0.2) is 78.1 Å². The molecule has 1 aromatic heterocycles. The van der Waals surface area contributed by atoms with Crippen molar-refractivity contribution in [3.63, 3.8) is 0 Å². The molecule has 1 aliphatic heterocycles. The average Bonchev–Trinajstić information content (AvgIpc) is 2.81. The fourth-order valence-corrected chi connectivity index (χ4v) is 4.22. The molecule has 0 saturated carbocycles. The zero-order chi connectivity index (χ0) is 22.7. The Morgan fingerprint density at radius 2 is 2.03 bits per heavy atom. The van der Waals surface area contributed by atoms with Gasteiger partial charge in [-0.3, -0.25) is 20.0 Å². The normalized spacial score (nSPS) is 14.9. The second-order valence-corrected chi connectivity index (χ2v) is 8.97. The third kappa shape index (κ3) is 4.63. The van der Waals surface area contributed by atoms with Crippen LogP contribution in [0, 0.1) is 3.57 Å². The van der Waals surface area contributed by atoms with Crippen LogP contribution in [-0.4, -0.2) is 28.4 Å². The number of aromatic nitrogens is 1. The van der Waals surface area contributed by atoms with Crippen molar-refractivity contribution in [2.24, 2.45) is 0 Å². The van der Waals surface area contributed by atoms with E-state index in [2.05, 4.69) is 60.8 Å². The van der Waals surface area contributed by atoms with E-state index < -0.39 is 12.1 Å². The van der Waals surface area contributed by atoms with Crippen LogP contribution in [0.2, 0.25) is 0 Å². The molecule has 2 amide bonds. The van der Waals surface area contributed by atoms with Gasteiger partial charge in [0.05, 0.1) is 5.56 Å². The minimum atomic E-state index is -0.678. The predicted molar refractivity (Wildman–Crippen MR) is 133 cm³/mol. The quantitative estimate of drug-likeness (QED) is 0.308. The molecule has 2 heterocycles. The summed E-state index contributed by atoms with van der Waals surface area (Å²) in [5.41, 5.74) is 5.02. The largest absolute Gasteiger partial charge is 0.490 e. The molecule has 0 spiro atoms. The summed E-state index contributed by atoms with van der Waals surface area (Å²) in [5.74, 6) is -0.128. The number of nitrogens with one attached hydrogen (secondary N) is 2. The summed E-state index contributed by atoms with van der Waals surface area (Å²) in [4.78, 5) is 30.3. The van der Waals surface area contributed by atoms with Gasteiger partial charge in [-0.2, -0.15) is 0 Å². The number of rotatable bonds is 6. The lowest BCUT2D eigenvalue weighted by Crippen LogP contribution is -2.53. The zero-order valence-corrected chi connectivity index (χ0v) is 20.5. The van der Waals surface area contributed by atoms with E-state index in [0.29, 0.717) is 29.2 Å². The highest BCUT2D eigenvalue weighted by molar-refractivity contribution is 14.1. The van der Waals surface area contributed by atoms with Crippen LogP contribution >= 0.6 is 38.5 Å². The lowest BCUT2D eigenvalue weighted by atomic mass is 10.0. The average molecular weight is 605 g/mol. The Bertz CT molecular complexity index is 1190. The fourth-order valence-electron chi connectivity index (χ4n) is 3.26. The topological polar surface area (TPSA) is 83.6 Å². The Morgan fingerprint density at radius 1 is 1.25 bits per heavy atom. The van der Waals surface area contributed by atoms with Gasteiger partial charge in [0.1, 0.15) is 18.5 Å². The lowest BCUT2D eigenvalue weighted by Gasteiger charge is -2.38. The molecule has 162 valence electrons. The van der Waals surface area contributed by atoms with Crippen molar-refractivity contribution in [3.8, 4) is 5.75 Å². The third-order valence-corrected chi connectivity index (χ3v) is 6.17. The molecule has 0 fully saturated rings. The first-order valence-corrected chi connectivity index (χ1v) is 11.5. The van der Waals surface area contributed by atoms with E-state index in [9.17, 15) is 9.59 Å². The minimum absolute atomic E-state index is 0.325. The second-order valence-electron chi connectivity index (χ2n) is 6.87. The maximum Gasteiger partial charge on any atom is 0.276 e. The van der Waals surface area contributed by atoms with Crippen molar-refractivity contribution in [2.75, 3.05) is 11.9 Å².